The van der Waals surface area contributed by atoms with E-state index in [-0.39, 0.29) is 0 Å². The number of aliphatic hydroxyl groups is 1. The van der Waals surface area contributed by atoms with E-state index in [0.29, 0.717) is 6.54 Å². The molecule has 2 aromatic carbocycles. The van der Waals surface area contributed by atoms with E-state index < -0.39 is 5.60 Å². The molecule has 0 aliphatic rings. The van der Waals surface area contributed by atoms with Crippen LogP contribution in [0.2, 0.25) is 0 Å². The summed E-state index contributed by atoms with van der Waals surface area (Å²) >= 11 is 1.56. The summed E-state index contributed by atoms with van der Waals surface area (Å²) in [6.45, 7) is 6.10. The molecule has 3 aromatic heterocycles. The molecule has 0 saturated heterocycles. The molecule has 7 nitrogen and oxygen atoms in total. The number of aryl methyl sites for hydroxylation is 1. The highest BCUT2D eigenvalue weighted by atomic mass is 32.2. The zero-order valence-electron chi connectivity index (χ0n) is 20.2. The van der Waals surface area contributed by atoms with E-state index in [4.69, 9.17) is 4.98 Å². The third-order valence-electron chi connectivity index (χ3n) is 5.91. The van der Waals surface area contributed by atoms with Gasteiger partial charge in [-0.25, -0.2) is 4.98 Å². The third kappa shape index (κ3) is 4.80. The second kappa shape index (κ2) is 9.20. The summed E-state index contributed by atoms with van der Waals surface area (Å²) in [6.07, 6.45) is 7.57. The Balaban J connectivity index is 1.53. The molecule has 178 valence electrons. The first-order chi connectivity index (χ1) is 16.8. The summed E-state index contributed by atoms with van der Waals surface area (Å²) in [5, 5.41) is 21.3. The molecule has 0 saturated carbocycles. The molecule has 0 atom stereocenters. The zero-order valence-corrected chi connectivity index (χ0v) is 21.0. The maximum Gasteiger partial charge on any atom is 0.130 e. The van der Waals surface area contributed by atoms with Gasteiger partial charge in [0.05, 0.1) is 29.6 Å². The highest BCUT2D eigenvalue weighted by Crippen LogP contribution is 2.34. The van der Waals surface area contributed by atoms with E-state index in [9.17, 15) is 5.11 Å². The average molecular weight is 485 g/mol. The second-order valence-corrected chi connectivity index (χ2v) is 9.86. The fraction of sp³-hybridized carbons (Fsp3) is 0.222. The lowest BCUT2D eigenvalue weighted by Gasteiger charge is -2.18. The fourth-order valence-corrected chi connectivity index (χ4v) is 4.65. The van der Waals surface area contributed by atoms with Crippen LogP contribution in [0.3, 0.4) is 0 Å². The number of hydrogen-bond donors (Lipinski definition) is 3. The highest BCUT2D eigenvalue weighted by molar-refractivity contribution is 7.99. The molecule has 8 heteroatoms. The molecule has 0 amide bonds. The maximum absolute atomic E-state index is 10.3. The fourth-order valence-electron chi connectivity index (χ4n) is 4.28. The Hall–Kier alpha value is -3.62. The number of nitrogens with zero attached hydrogens (tertiary/aromatic N) is 4. The Morgan fingerprint density at radius 2 is 1.74 bits per heavy atom. The molecule has 0 aliphatic heterocycles. The van der Waals surface area contributed by atoms with Crippen LogP contribution in [-0.2, 0) is 6.54 Å². The molecule has 5 aromatic rings. The normalized spacial score (nSPS) is 11.8. The van der Waals surface area contributed by atoms with Crippen LogP contribution < -0.4 is 10.0 Å². The van der Waals surface area contributed by atoms with E-state index in [2.05, 4.69) is 39.2 Å². The number of benzene rings is 2. The second-order valence-electron chi connectivity index (χ2n) is 9.24. The van der Waals surface area contributed by atoms with Crippen molar-refractivity contribution in [1.82, 2.24) is 19.7 Å². The Bertz CT molecular complexity index is 1500. The summed E-state index contributed by atoms with van der Waals surface area (Å²) in [5.41, 5.74) is 5.23. The van der Waals surface area contributed by atoms with Gasteiger partial charge in [0, 0.05) is 51.7 Å². The van der Waals surface area contributed by atoms with Gasteiger partial charge in [-0.05, 0) is 68.8 Å². The molecule has 3 N–H and O–H groups in total. The van der Waals surface area contributed by atoms with E-state index in [0.717, 1.165) is 55.7 Å². The smallest absolute Gasteiger partial charge is 0.130 e. The number of hydrogen-bond acceptors (Lipinski definition) is 7. The number of rotatable bonds is 7. The number of pyridine rings is 2. The molecular formula is C27H28N6OS. The number of aromatic nitrogens is 4. The molecule has 0 radical (unpaired) electrons. The van der Waals surface area contributed by atoms with Gasteiger partial charge in [0.25, 0.3) is 0 Å². The van der Waals surface area contributed by atoms with Gasteiger partial charge in [0.1, 0.15) is 5.82 Å². The Morgan fingerprint density at radius 1 is 0.971 bits per heavy atom. The minimum atomic E-state index is -0.842. The molecule has 35 heavy (non-hydrogen) atoms. The van der Waals surface area contributed by atoms with Crippen LogP contribution in [-0.4, -0.2) is 36.7 Å². The first kappa shape index (κ1) is 23.1. The van der Waals surface area contributed by atoms with Gasteiger partial charge >= 0.3 is 0 Å². The van der Waals surface area contributed by atoms with Gasteiger partial charge in [-0.3, -0.25) is 9.67 Å². The predicted molar refractivity (Wildman–Crippen MR) is 146 cm³/mol. The zero-order chi connectivity index (χ0) is 24.6. The van der Waals surface area contributed by atoms with Crippen molar-refractivity contribution in [2.45, 2.75) is 32.9 Å². The van der Waals surface area contributed by atoms with Gasteiger partial charge in [-0.15, -0.1) is 0 Å². The Kier molecular flexibility index (Phi) is 6.08. The summed E-state index contributed by atoms with van der Waals surface area (Å²) in [4.78, 5) is 9.37. The minimum absolute atomic E-state index is 0.427. The van der Waals surface area contributed by atoms with Gasteiger partial charge in [-0.2, -0.15) is 5.10 Å². The van der Waals surface area contributed by atoms with Crippen LogP contribution >= 0.6 is 11.9 Å². The molecule has 0 spiro atoms. The van der Waals surface area contributed by atoms with Crippen molar-refractivity contribution in [3.8, 4) is 11.3 Å². The minimum Gasteiger partial charge on any atom is -0.389 e. The lowest BCUT2D eigenvalue weighted by atomic mass is 9.98. The summed E-state index contributed by atoms with van der Waals surface area (Å²) in [6, 6.07) is 16.3. The average Bonchev–Trinajstić information content (AvgIpc) is 3.22. The summed E-state index contributed by atoms with van der Waals surface area (Å²) < 4.78 is 5.08. The molecule has 3 heterocycles. The van der Waals surface area contributed by atoms with Crippen molar-refractivity contribution in [3.05, 3.63) is 72.7 Å². The number of fused-ring (bicyclic) bond motifs is 2. The van der Waals surface area contributed by atoms with Crippen molar-refractivity contribution in [2.24, 2.45) is 0 Å². The Morgan fingerprint density at radius 3 is 2.49 bits per heavy atom. The molecule has 0 bridgehead atoms. The molecular weight excluding hydrogens is 456 g/mol. The number of anilines is 3. The van der Waals surface area contributed by atoms with Crippen molar-refractivity contribution in [1.29, 1.82) is 0 Å². The molecule has 5 rings (SSSR count). The van der Waals surface area contributed by atoms with Crippen LogP contribution in [0.1, 0.15) is 19.4 Å². The topological polar surface area (TPSA) is 87.9 Å². The van der Waals surface area contributed by atoms with Crippen LogP contribution in [0.25, 0.3) is 32.9 Å². The summed E-state index contributed by atoms with van der Waals surface area (Å²) in [7, 11) is 0. The van der Waals surface area contributed by atoms with Gasteiger partial charge in [0.2, 0.25) is 0 Å². The van der Waals surface area contributed by atoms with Crippen molar-refractivity contribution in [2.75, 3.05) is 16.3 Å². The maximum atomic E-state index is 10.3. The lowest BCUT2D eigenvalue weighted by molar-refractivity contribution is 0.0591. The van der Waals surface area contributed by atoms with Crippen LogP contribution in [0.15, 0.2) is 67.1 Å². The van der Waals surface area contributed by atoms with Gasteiger partial charge in [0.15, 0.2) is 0 Å². The first-order valence-electron chi connectivity index (χ1n) is 11.4. The molecule has 0 aliphatic carbocycles. The predicted octanol–water partition coefficient (Wildman–Crippen LogP) is 6.16. The quantitative estimate of drug-likeness (QED) is 0.238. The SMILES string of the molecule is CSNc1ccc(Nc2cc3c(-c4ccc5c(cnn5CC(C)(C)O)c4C)nccc3cn2)cc1. The monoisotopic (exact) mass is 484 g/mol. The summed E-state index contributed by atoms with van der Waals surface area (Å²) in [5.74, 6) is 0.758. The van der Waals surface area contributed by atoms with Crippen molar-refractivity contribution in [3.63, 3.8) is 0 Å². The van der Waals surface area contributed by atoms with Crippen molar-refractivity contribution >= 4 is 50.8 Å². The van der Waals surface area contributed by atoms with Crippen molar-refractivity contribution < 1.29 is 5.11 Å². The van der Waals surface area contributed by atoms with E-state index in [1.807, 2.05) is 65.9 Å². The first-order valence-corrected chi connectivity index (χ1v) is 12.6. The lowest BCUT2D eigenvalue weighted by Crippen LogP contribution is -2.26. The Labute approximate surface area is 208 Å². The van der Waals surface area contributed by atoms with Gasteiger partial charge < -0.3 is 15.1 Å². The standard InChI is InChI=1S/C27H28N6OS/c1-17-21(9-10-24-23(17)15-30-33(24)16-27(2,3)34)26-22-13-25(29-14-18(22)11-12-28-26)31-19-5-7-20(8-6-19)32-35-4/h5-15,32,34H,16H2,1-4H3,(H,29,31). The van der Waals surface area contributed by atoms with Gasteiger partial charge in [-0.1, -0.05) is 18.0 Å². The molecule has 0 fully saturated rings. The third-order valence-corrected chi connectivity index (χ3v) is 6.35. The van der Waals surface area contributed by atoms with E-state index >= 15 is 0 Å². The van der Waals surface area contributed by atoms with Crippen LogP contribution in [0.5, 0.6) is 0 Å². The van der Waals surface area contributed by atoms with E-state index in [1.165, 1.54) is 0 Å². The highest BCUT2D eigenvalue weighted by Gasteiger charge is 2.18. The largest absolute Gasteiger partial charge is 0.389 e. The van der Waals surface area contributed by atoms with Crippen LogP contribution in [0.4, 0.5) is 17.2 Å². The van der Waals surface area contributed by atoms with Crippen LogP contribution in [0, 0.1) is 6.92 Å². The number of nitrogens with one attached hydrogen (secondary N) is 2. The van der Waals surface area contributed by atoms with E-state index in [1.54, 1.807) is 25.8 Å². The molecule has 0 unspecified atom stereocenters.